The second-order valence-electron chi connectivity index (χ2n) is 4.48. The molecule has 20 heavy (non-hydrogen) atoms. The molecule has 1 aliphatic heterocycles. The van der Waals surface area contributed by atoms with Gasteiger partial charge in [-0.25, -0.2) is 4.98 Å². The van der Waals surface area contributed by atoms with E-state index in [4.69, 9.17) is 0 Å². The lowest BCUT2D eigenvalue weighted by molar-refractivity contribution is -0.140. The van der Waals surface area contributed by atoms with Crippen molar-refractivity contribution in [1.29, 1.82) is 0 Å². The van der Waals surface area contributed by atoms with Gasteiger partial charge in [0.2, 0.25) is 5.91 Å². The Kier molecular flexibility index (Phi) is 4.07. The molecule has 0 bridgehead atoms. The van der Waals surface area contributed by atoms with Crippen molar-refractivity contribution >= 4 is 17.7 Å². The molecule has 0 spiro atoms. The van der Waals surface area contributed by atoms with Crippen molar-refractivity contribution in [3.63, 3.8) is 0 Å². The SMILES string of the molecule is Cc1cnc2n(c1=O)CC(C(=O)NCC(F)(F)F)CS2. The summed E-state index contributed by atoms with van der Waals surface area (Å²) in [4.78, 5) is 27.7. The number of carbonyl (C=O) groups excluding carboxylic acids is 1. The third-order valence-electron chi connectivity index (χ3n) is 2.83. The summed E-state index contributed by atoms with van der Waals surface area (Å²) in [5.41, 5.74) is 0.168. The van der Waals surface area contributed by atoms with Crippen molar-refractivity contribution < 1.29 is 18.0 Å². The van der Waals surface area contributed by atoms with Gasteiger partial charge < -0.3 is 5.32 Å². The third-order valence-corrected chi connectivity index (χ3v) is 3.99. The van der Waals surface area contributed by atoms with E-state index in [9.17, 15) is 22.8 Å². The molecule has 0 fully saturated rings. The van der Waals surface area contributed by atoms with Crippen LogP contribution in [-0.4, -0.2) is 33.9 Å². The van der Waals surface area contributed by atoms with Crippen molar-refractivity contribution in [1.82, 2.24) is 14.9 Å². The summed E-state index contributed by atoms with van der Waals surface area (Å²) >= 11 is 1.19. The Balaban J connectivity index is 2.09. The van der Waals surface area contributed by atoms with Crippen molar-refractivity contribution in [3.05, 3.63) is 22.1 Å². The Morgan fingerprint density at radius 1 is 1.60 bits per heavy atom. The number of aromatic nitrogens is 2. The van der Waals surface area contributed by atoms with E-state index in [1.54, 1.807) is 6.92 Å². The number of hydrogen-bond donors (Lipinski definition) is 1. The van der Waals surface area contributed by atoms with E-state index in [2.05, 4.69) is 4.98 Å². The molecular weight excluding hydrogens is 295 g/mol. The molecule has 1 N–H and O–H groups in total. The quantitative estimate of drug-likeness (QED) is 0.826. The van der Waals surface area contributed by atoms with Crippen LogP contribution >= 0.6 is 11.8 Å². The first-order valence-electron chi connectivity index (χ1n) is 5.81. The lowest BCUT2D eigenvalue weighted by Crippen LogP contribution is -2.43. The zero-order valence-electron chi connectivity index (χ0n) is 10.5. The Hall–Kier alpha value is -1.51. The number of fused-ring (bicyclic) bond motifs is 1. The molecule has 1 atom stereocenters. The largest absolute Gasteiger partial charge is 0.405 e. The Morgan fingerprint density at radius 3 is 2.95 bits per heavy atom. The highest BCUT2D eigenvalue weighted by Crippen LogP contribution is 2.25. The monoisotopic (exact) mass is 307 g/mol. The molecule has 9 heteroatoms. The normalized spacial score (nSPS) is 18.5. The maximum Gasteiger partial charge on any atom is 0.405 e. The summed E-state index contributed by atoms with van der Waals surface area (Å²) in [7, 11) is 0. The van der Waals surface area contributed by atoms with Crippen molar-refractivity contribution in [2.75, 3.05) is 12.3 Å². The molecule has 1 unspecified atom stereocenters. The molecule has 0 saturated carbocycles. The van der Waals surface area contributed by atoms with Gasteiger partial charge in [0.25, 0.3) is 5.56 Å². The fourth-order valence-corrected chi connectivity index (χ4v) is 2.84. The minimum absolute atomic E-state index is 0.0551. The molecule has 0 aromatic carbocycles. The molecule has 0 radical (unpaired) electrons. The minimum atomic E-state index is -4.44. The van der Waals surface area contributed by atoms with Crippen LogP contribution in [0, 0.1) is 12.8 Å². The topological polar surface area (TPSA) is 64.0 Å². The predicted molar refractivity (Wildman–Crippen MR) is 66.5 cm³/mol. The number of amides is 1. The van der Waals surface area contributed by atoms with Crippen LogP contribution in [0.2, 0.25) is 0 Å². The van der Waals surface area contributed by atoms with Gasteiger partial charge in [0.1, 0.15) is 6.54 Å². The summed E-state index contributed by atoms with van der Waals surface area (Å²) in [6.07, 6.45) is -2.99. The fourth-order valence-electron chi connectivity index (χ4n) is 1.79. The smallest absolute Gasteiger partial charge is 0.347 e. The van der Waals surface area contributed by atoms with Crippen LogP contribution in [0.15, 0.2) is 16.1 Å². The maximum atomic E-state index is 12.1. The van der Waals surface area contributed by atoms with E-state index < -0.39 is 24.5 Å². The molecule has 1 aromatic rings. The Bertz CT molecular complexity index is 585. The van der Waals surface area contributed by atoms with Crippen molar-refractivity contribution in [2.24, 2.45) is 5.92 Å². The van der Waals surface area contributed by atoms with E-state index in [-0.39, 0.29) is 12.1 Å². The second-order valence-corrected chi connectivity index (χ2v) is 5.47. The predicted octanol–water partition coefficient (Wildman–Crippen LogP) is 0.952. The van der Waals surface area contributed by atoms with Crippen LogP contribution in [0.3, 0.4) is 0 Å². The molecule has 1 aliphatic rings. The number of carbonyl (C=O) groups is 1. The molecule has 110 valence electrons. The van der Waals surface area contributed by atoms with Gasteiger partial charge in [0, 0.05) is 24.1 Å². The van der Waals surface area contributed by atoms with Gasteiger partial charge in [-0.2, -0.15) is 13.2 Å². The van der Waals surface area contributed by atoms with Gasteiger partial charge in [0.05, 0.1) is 5.92 Å². The number of hydrogen-bond acceptors (Lipinski definition) is 4. The summed E-state index contributed by atoms with van der Waals surface area (Å²) < 4.78 is 37.5. The molecule has 2 heterocycles. The molecular formula is C11H12F3N3O2S. The van der Waals surface area contributed by atoms with Gasteiger partial charge in [0.15, 0.2) is 5.16 Å². The zero-order chi connectivity index (χ0) is 14.9. The maximum absolute atomic E-state index is 12.1. The van der Waals surface area contributed by atoms with Crippen molar-refractivity contribution in [2.45, 2.75) is 24.8 Å². The Morgan fingerprint density at radius 2 is 2.30 bits per heavy atom. The number of halogens is 3. The summed E-state index contributed by atoms with van der Waals surface area (Å²) in [6, 6.07) is 0. The molecule has 1 aromatic heterocycles. The number of aryl methyl sites for hydroxylation is 1. The molecule has 2 rings (SSSR count). The number of rotatable bonds is 2. The van der Waals surface area contributed by atoms with Gasteiger partial charge in [-0.05, 0) is 6.92 Å². The standard InChI is InChI=1S/C11H12F3N3O2S/c1-6-2-15-10-17(9(6)19)3-7(4-20-10)8(18)16-5-11(12,13)14/h2,7H,3-5H2,1H3,(H,16,18). The average Bonchev–Trinajstić information content (AvgIpc) is 2.39. The molecule has 5 nitrogen and oxygen atoms in total. The highest BCUT2D eigenvalue weighted by molar-refractivity contribution is 7.99. The van der Waals surface area contributed by atoms with E-state index in [0.717, 1.165) is 0 Å². The number of nitrogens with one attached hydrogen (secondary N) is 1. The highest BCUT2D eigenvalue weighted by atomic mass is 32.2. The first-order valence-corrected chi connectivity index (χ1v) is 6.80. The lowest BCUT2D eigenvalue weighted by Gasteiger charge is -2.24. The summed E-state index contributed by atoms with van der Waals surface area (Å²) in [5.74, 6) is -1.07. The first kappa shape index (κ1) is 14.9. The van der Waals surface area contributed by atoms with E-state index in [1.165, 1.54) is 22.5 Å². The number of nitrogens with zero attached hydrogens (tertiary/aromatic N) is 2. The molecule has 1 amide bonds. The van der Waals surface area contributed by atoms with Crippen LogP contribution in [0.5, 0.6) is 0 Å². The van der Waals surface area contributed by atoms with Crippen LogP contribution in [0.1, 0.15) is 5.56 Å². The Labute approximate surface area is 116 Å². The lowest BCUT2D eigenvalue weighted by atomic mass is 10.1. The van der Waals surface area contributed by atoms with Crippen LogP contribution in [0.4, 0.5) is 13.2 Å². The van der Waals surface area contributed by atoms with Crippen LogP contribution < -0.4 is 10.9 Å². The second kappa shape index (κ2) is 5.47. The van der Waals surface area contributed by atoms with Gasteiger partial charge in [-0.3, -0.25) is 14.2 Å². The molecule has 0 saturated heterocycles. The average molecular weight is 307 g/mol. The molecule has 0 aliphatic carbocycles. The van der Waals surface area contributed by atoms with Crippen LogP contribution in [-0.2, 0) is 11.3 Å². The number of alkyl halides is 3. The third kappa shape index (κ3) is 3.33. The summed E-state index contributed by atoms with van der Waals surface area (Å²) in [5, 5.41) is 2.33. The van der Waals surface area contributed by atoms with Crippen molar-refractivity contribution in [3.8, 4) is 0 Å². The van der Waals surface area contributed by atoms with E-state index >= 15 is 0 Å². The van der Waals surface area contributed by atoms with E-state index in [0.29, 0.717) is 16.5 Å². The fraction of sp³-hybridized carbons (Fsp3) is 0.545. The van der Waals surface area contributed by atoms with Gasteiger partial charge >= 0.3 is 6.18 Å². The summed E-state index contributed by atoms with van der Waals surface area (Å²) in [6.45, 7) is 0.293. The zero-order valence-corrected chi connectivity index (χ0v) is 11.3. The number of thioether (sulfide) groups is 1. The highest BCUT2D eigenvalue weighted by Gasteiger charge is 2.31. The van der Waals surface area contributed by atoms with Gasteiger partial charge in [-0.1, -0.05) is 11.8 Å². The van der Waals surface area contributed by atoms with Crippen LogP contribution in [0.25, 0.3) is 0 Å². The minimum Gasteiger partial charge on any atom is -0.347 e. The first-order chi connectivity index (χ1) is 9.28. The van der Waals surface area contributed by atoms with Gasteiger partial charge in [-0.15, -0.1) is 0 Å². The van der Waals surface area contributed by atoms with E-state index in [1.807, 2.05) is 5.32 Å².